The van der Waals surface area contributed by atoms with Crippen LogP contribution >= 0.6 is 23.2 Å². The summed E-state index contributed by atoms with van der Waals surface area (Å²) < 4.78 is 27.8. The number of nitrogens with zero attached hydrogens (tertiary/aromatic N) is 2. The SMILES string of the molecule is Cc1ccc(S(=O)(=O)N2CCC[C@H]2C(=O)N2c3ccc(Cl)c(Cl)c3CC2C)cc1. The van der Waals surface area contributed by atoms with Crippen molar-refractivity contribution in [1.29, 1.82) is 0 Å². The first kappa shape index (κ1) is 20.7. The van der Waals surface area contributed by atoms with Gasteiger partial charge < -0.3 is 4.90 Å². The Balaban J connectivity index is 1.67. The van der Waals surface area contributed by atoms with E-state index in [1.165, 1.54) is 4.31 Å². The third-order valence-electron chi connectivity index (χ3n) is 5.72. The maximum Gasteiger partial charge on any atom is 0.245 e. The average Bonchev–Trinajstić information content (AvgIpc) is 3.30. The summed E-state index contributed by atoms with van der Waals surface area (Å²) in [4.78, 5) is 15.4. The lowest BCUT2D eigenvalue weighted by Gasteiger charge is -2.30. The molecule has 2 aliphatic heterocycles. The monoisotopic (exact) mass is 452 g/mol. The van der Waals surface area contributed by atoms with Crippen LogP contribution in [-0.2, 0) is 21.2 Å². The molecule has 0 saturated carbocycles. The molecular weight excluding hydrogens is 431 g/mol. The molecule has 4 rings (SSSR count). The van der Waals surface area contributed by atoms with Crippen LogP contribution in [0.2, 0.25) is 10.0 Å². The predicted octanol–water partition coefficient (Wildman–Crippen LogP) is 4.43. The van der Waals surface area contributed by atoms with Crippen LogP contribution in [0.15, 0.2) is 41.3 Å². The highest BCUT2D eigenvalue weighted by atomic mass is 35.5. The topological polar surface area (TPSA) is 57.7 Å². The molecule has 0 N–H and O–H groups in total. The maximum atomic E-state index is 13.5. The Morgan fingerprint density at radius 1 is 1.10 bits per heavy atom. The van der Waals surface area contributed by atoms with Crippen LogP contribution in [0.4, 0.5) is 5.69 Å². The van der Waals surface area contributed by atoms with Crippen molar-refractivity contribution in [2.24, 2.45) is 0 Å². The van der Waals surface area contributed by atoms with Gasteiger partial charge in [0.15, 0.2) is 0 Å². The Morgan fingerprint density at radius 2 is 1.79 bits per heavy atom. The van der Waals surface area contributed by atoms with Gasteiger partial charge >= 0.3 is 0 Å². The van der Waals surface area contributed by atoms with Gasteiger partial charge in [-0.2, -0.15) is 4.31 Å². The number of benzene rings is 2. The largest absolute Gasteiger partial charge is 0.308 e. The summed E-state index contributed by atoms with van der Waals surface area (Å²) in [6.45, 7) is 4.18. The van der Waals surface area contributed by atoms with Crippen LogP contribution in [0.5, 0.6) is 0 Å². The van der Waals surface area contributed by atoms with E-state index in [2.05, 4.69) is 0 Å². The Labute approximate surface area is 181 Å². The van der Waals surface area contributed by atoms with Gasteiger partial charge in [-0.15, -0.1) is 0 Å². The number of carbonyl (C=O) groups excluding carboxylic acids is 1. The molecule has 2 atom stereocenters. The van der Waals surface area contributed by atoms with Crippen molar-refractivity contribution in [1.82, 2.24) is 4.31 Å². The molecule has 1 unspecified atom stereocenters. The molecule has 2 heterocycles. The van der Waals surface area contributed by atoms with Crippen LogP contribution in [0, 0.1) is 6.92 Å². The highest BCUT2D eigenvalue weighted by Crippen LogP contribution is 2.41. The Bertz CT molecular complexity index is 1070. The fourth-order valence-electron chi connectivity index (χ4n) is 4.24. The van der Waals surface area contributed by atoms with E-state index in [0.29, 0.717) is 35.9 Å². The van der Waals surface area contributed by atoms with Crippen LogP contribution in [-0.4, -0.2) is 37.3 Å². The smallest absolute Gasteiger partial charge is 0.245 e. The number of hydrogen-bond donors (Lipinski definition) is 0. The van der Waals surface area contributed by atoms with Gasteiger partial charge in [0.2, 0.25) is 15.9 Å². The molecule has 1 amide bonds. The third kappa shape index (κ3) is 3.46. The first-order valence-electron chi connectivity index (χ1n) is 9.60. The van der Waals surface area contributed by atoms with Crippen molar-refractivity contribution < 1.29 is 13.2 Å². The molecule has 0 aromatic heterocycles. The number of sulfonamides is 1. The number of anilines is 1. The van der Waals surface area contributed by atoms with Crippen molar-refractivity contribution in [3.63, 3.8) is 0 Å². The van der Waals surface area contributed by atoms with Crippen molar-refractivity contribution in [3.05, 3.63) is 57.6 Å². The zero-order valence-electron chi connectivity index (χ0n) is 16.2. The number of rotatable bonds is 3. The first-order chi connectivity index (χ1) is 13.7. The molecule has 0 radical (unpaired) electrons. The summed E-state index contributed by atoms with van der Waals surface area (Å²) in [6, 6.07) is 9.37. The molecule has 2 aliphatic rings. The lowest BCUT2D eigenvalue weighted by Crippen LogP contribution is -2.49. The minimum Gasteiger partial charge on any atom is -0.308 e. The standard InChI is InChI=1S/C21H22Cl2N2O3S/c1-13-5-7-15(8-6-13)29(27,28)24-11-3-4-19(24)21(26)25-14(2)12-16-18(25)10-9-17(22)20(16)23/h5-10,14,19H,3-4,11-12H2,1-2H3/t14?,19-/m0/s1. The summed E-state index contributed by atoms with van der Waals surface area (Å²) in [6.07, 6.45) is 1.75. The molecule has 2 aromatic rings. The van der Waals surface area contributed by atoms with E-state index in [9.17, 15) is 13.2 Å². The minimum atomic E-state index is -3.75. The second-order valence-corrected chi connectivity index (χ2v) is 10.4. The lowest BCUT2D eigenvalue weighted by atomic mass is 10.1. The van der Waals surface area contributed by atoms with Crippen molar-refractivity contribution >= 4 is 44.8 Å². The molecule has 0 aliphatic carbocycles. The highest BCUT2D eigenvalue weighted by Gasteiger charge is 2.44. The summed E-state index contributed by atoms with van der Waals surface area (Å²) >= 11 is 12.5. The molecule has 2 aromatic carbocycles. The molecule has 8 heteroatoms. The van der Waals surface area contributed by atoms with Gasteiger partial charge in [0.05, 0.1) is 14.9 Å². The van der Waals surface area contributed by atoms with Gasteiger partial charge in [0.1, 0.15) is 6.04 Å². The van der Waals surface area contributed by atoms with E-state index < -0.39 is 16.1 Å². The number of carbonyl (C=O) groups is 1. The molecule has 1 fully saturated rings. The fourth-order valence-corrected chi connectivity index (χ4v) is 6.31. The molecule has 29 heavy (non-hydrogen) atoms. The lowest BCUT2D eigenvalue weighted by molar-refractivity contribution is -0.121. The fraction of sp³-hybridized carbons (Fsp3) is 0.381. The van der Waals surface area contributed by atoms with Gasteiger partial charge in [0.25, 0.3) is 0 Å². The van der Waals surface area contributed by atoms with Crippen molar-refractivity contribution in [2.75, 3.05) is 11.4 Å². The Hall–Kier alpha value is -1.60. The van der Waals surface area contributed by atoms with E-state index in [1.54, 1.807) is 41.3 Å². The Kier molecular flexibility index (Phi) is 5.40. The number of fused-ring (bicyclic) bond motifs is 1. The van der Waals surface area contributed by atoms with E-state index in [0.717, 1.165) is 16.8 Å². The summed E-state index contributed by atoms with van der Waals surface area (Å²) in [5, 5.41) is 0.915. The molecule has 154 valence electrons. The molecule has 0 spiro atoms. The van der Waals surface area contributed by atoms with E-state index in [4.69, 9.17) is 23.2 Å². The molecule has 0 bridgehead atoms. The maximum absolute atomic E-state index is 13.5. The number of halogens is 2. The van der Waals surface area contributed by atoms with E-state index in [1.807, 2.05) is 13.8 Å². The summed E-state index contributed by atoms with van der Waals surface area (Å²) in [7, 11) is -3.75. The van der Waals surface area contributed by atoms with E-state index in [-0.39, 0.29) is 16.8 Å². The van der Waals surface area contributed by atoms with Gasteiger partial charge in [-0.05, 0) is 62.9 Å². The highest BCUT2D eigenvalue weighted by molar-refractivity contribution is 7.89. The quantitative estimate of drug-likeness (QED) is 0.691. The molecule has 5 nitrogen and oxygen atoms in total. The number of amides is 1. The zero-order valence-corrected chi connectivity index (χ0v) is 18.6. The molecular formula is C21H22Cl2N2O3S. The van der Waals surface area contributed by atoms with Gasteiger partial charge in [0, 0.05) is 18.3 Å². The average molecular weight is 453 g/mol. The second-order valence-electron chi connectivity index (χ2n) is 7.71. The number of aryl methyl sites for hydroxylation is 1. The van der Waals surface area contributed by atoms with Gasteiger partial charge in [-0.25, -0.2) is 8.42 Å². The van der Waals surface area contributed by atoms with Crippen LogP contribution in [0.1, 0.15) is 30.9 Å². The first-order valence-corrected chi connectivity index (χ1v) is 11.8. The third-order valence-corrected chi connectivity index (χ3v) is 8.49. The normalized spacial score (nSPS) is 22.1. The van der Waals surface area contributed by atoms with Crippen LogP contribution < -0.4 is 4.90 Å². The van der Waals surface area contributed by atoms with Crippen LogP contribution in [0.25, 0.3) is 0 Å². The van der Waals surface area contributed by atoms with E-state index >= 15 is 0 Å². The van der Waals surface area contributed by atoms with Gasteiger partial charge in [-0.3, -0.25) is 4.79 Å². The zero-order chi connectivity index (χ0) is 20.9. The van der Waals surface area contributed by atoms with Crippen LogP contribution in [0.3, 0.4) is 0 Å². The predicted molar refractivity (Wildman–Crippen MR) is 115 cm³/mol. The molecule has 1 saturated heterocycles. The van der Waals surface area contributed by atoms with Crippen molar-refractivity contribution in [2.45, 2.75) is 50.1 Å². The summed E-state index contributed by atoms with van der Waals surface area (Å²) in [5.41, 5.74) is 2.54. The van der Waals surface area contributed by atoms with Crippen molar-refractivity contribution in [3.8, 4) is 0 Å². The minimum absolute atomic E-state index is 0.113. The summed E-state index contributed by atoms with van der Waals surface area (Å²) in [5.74, 6) is -0.206. The van der Waals surface area contributed by atoms with Gasteiger partial charge in [-0.1, -0.05) is 40.9 Å². The Morgan fingerprint density at radius 3 is 2.48 bits per heavy atom. The number of hydrogen-bond acceptors (Lipinski definition) is 3. The second kappa shape index (κ2) is 7.58.